The van der Waals surface area contributed by atoms with Gasteiger partial charge in [-0.15, -0.1) is 0 Å². The molecule has 3 rings (SSSR count). The number of hydrogen-bond acceptors (Lipinski definition) is 4. The molecule has 1 aromatic carbocycles. The maximum Gasteiger partial charge on any atom is 0.411 e. The van der Waals surface area contributed by atoms with Gasteiger partial charge in [0.25, 0.3) is 0 Å². The predicted molar refractivity (Wildman–Crippen MR) is 122 cm³/mol. The van der Waals surface area contributed by atoms with Gasteiger partial charge in [-0.25, -0.2) is 9.59 Å². The molecule has 1 saturated heterocycles. The van der Waals surface area contributed by atoms with Crippen molar-refractivity contribution in [1.29, 1.82) is 0 Å². The maximum absolute atomic E-state index is 13.0. The Morgan fingerprint density at radius 2 is 1.81 bits per heavy atom. The maximum atomic E-state index is 13.0. The number of ether oxygens (including phenoxy) is 1. The van der Waals surface area contributed by atoms with E-state index in [2.05, 4.69) is 33.9 Å². The number of carbonyl (C=O) groups is 2. The molecule has 1 aromatic rings. The first-order valence-electron chi connectivity index (χ1n) is 11.2. The molecule has 1 spiro atoms. The molecule has 1 amide bonds. The largest absolute Gasteiger partial charge is 0.479 e. The first-order chi connectivity index (χ1) is 14.3. The Kier molecular flexibility index (Phi) is 6.33. The van der Waals surface area contributed by atoms with E-state index >= 15 is 0 Å². The molecule has 0 aromatic heterocycles. The van der Waals surface area contributed by atoms with Gasteiger partial charge in [0.05, 0.1) is 0 Å². The molecule has 2 aliphatic rings. The molecular formula is C24H37NO5Si. The van der Waals surface area contributed by atoms with Crippen molar-refractivity contribution in [3.8, 4) is 0 Å². The molecule has 1 unspecified atom stereocenters. The fourth-order valence-electron chi connectivity index (χ4n) is 4.81. The lowest BCUT2D eigenvalue weighted by molar-refractivity contribution is -0.149. The minimum atomic E-state index is -1.88. The Hall–Kier alpha value is -1.86. The lowest BCUT2D eigenvalue weighted by Crippen LogP contribution is -2.52. The Balaban J connectivity index is 1.71. The molecule has 31 heavy (non-hydrogen) atoms. The van der Waals surface area contributed by atoms with Gasteiger partial charge >= 0.3 is 12.1 Å². The second-order valence-electron chi connectivity index (χ2n) is 10.9. The van der Waals surface area contributed by atoms with Crippen LogP contribution in [0, 0.1) is 5.41 Å². The third-order valence-electron chi connectivity index (χ3n) is 7.68. The Labute approximate surface area is 187 Å². The van der Waals surface area contributed by atoms with Gasteiger partial charge in [-0.1, -0.05) is 58.0 Å². The SMILES string of the molecule is CCC1(C(=O)O)CC2(CC(O[Si](C)(C)C(C)(C)C)C2)CN1C(=O)OCc1ccccc1. The summed E-state index contributed by atoms with van der Waals surface area (Å²) in [5, 5.41) is 10.2. The number of benzene rings is 1. The molecule has 1 atom stereocenters. The van der Waals surface area contributed by atoms with E-state index in [0.717, 1.165) is 18.4 Å². The smallest absolute Gasteiger partial charge is 0.411 e. The molecule has 1 aliphatic carbocycles. The third-order valence-corrected chi connectivity index (χ3v) is 12.2. The molecule has 6 nitrogen and oxygen atoms in total. The predicted octanol–water partition coefficient (Wildman–Crippen LogP) is 5.43. The van der Waals surface area contributed by atoms with Gasteiger partial charge in [0, 0.05) is 12.6 Å². The van der Waals surface area contributed by atoms with E-state index in [0.29, 0.717) is 19.4 Å². The van der Waals surface area contributed by atoms with Crippen LogP contribution in [0.2, 0.25) is 18.1 Å². The summed E-state index contributed by atoms with van der Waals surface area (Å²) in [6.45, 7) is 13.5. The quantitative estimate of drug-likeness (QED) is 0.588. The van der Waals surface area contributed by atoms with E-state index in [-0.39, 0.29) is 23.2 Å². The van der Waals surface area contributed by atoms with E-state index in [1.54, 1.807) is 0 Å². The van der Waals surface area contributed by atoms with Crippen LogP contribution in [-0.4, -0.2) is 48.6 Å². The van der Waals surface area contributed by atoms with Crippen LogP contribution < -0.4 is 0 Å². The lowest BCUT2D eigenvalue weighted by atomic mass is 9.64. The molecular weight excluding hydrogens is 410 g/mol. The molecule has 1 N–H and O–H groups in total. The van der Waals surface area contributed by atoms with E-state index in [1.807, 2.05) is 37.3 Å². The third kappa shape index (κ3) is 4.53. The highest BCUT2D eigenvalue weighted by molar-refractivity contribution is 6.74. The average molecular weight is 448 g/mol. The zero-order valence-electron chi connectivity index (χ0n) is 19.7. The van der Waals surface area contributed by atoms with Gasteiger partial charge in [-0.3, -0.25) is 4.90 Å². The zero-order chi connectivity index (χ0) is 23.1. The fourth-order valence-corrected chi connectivity index (χ4v) is 6.16. The van der Waals surface area contributed by atoms with Crippen molar-refractivity contribution in [2.24, 2.45) is 5.41 Å². The van der Waals surface area contributed by atoms with Gasteiger partial charge in [0.1, 0.15) is 12.1 Å². The molecule has 1 heterocycles. The topological polar surface area (TPSA) is 76.1 Å². The van der Waals surface area contributed by atoms with E-state index in [1.165, 1.54) is 4.90 Å². The first kappa shape index (κ1) is 23.8. The molecule has 2 fully saturated rings. The highest BCUT2D eigenvalue weighted by atomic mass is 28.4. The number of hydrogen-bond donors (Lipinski definition) is 1. The van der Waals surface area contributed by atoms with Crippen LogP contribution >= 0.6 is 0 Å². The molecule has 0 bridgehead atoms. The highest BCUT2D eigenvalue weighted by Gasteiger charge is 2.63. The molecule has 1 saturated carbocycles. The van der Waals surface area contributed by atoms with Crippen LogP contribution in [0.15, 0.2) is 30.3 Å². The van der Waals surface area contributed by atoms with Crippen LogP contribution in [0.1, 0.15) is 58.9 Å². The van der Waals surface area contributed by atoms with E-state index < -0.39 is 25.9 Å². The monoisotopic (exact) mass is 447 g/mol. The van der Waals surface area contributed by atoms with Crippen molar-refractivity contribution in [3.05, 3.63) is 35.9 Å². The minimum Gasteiger partial charge on any atom is -0.479 e. The molecule has 1 aliphatic heterocycles. The summed E-state index contributed by atoms with van der Waals surface area (Å²) >= 11 is 0. The number of rotatable bonds is 6. The zero-order valence-corrected chi connectivity index (χ0v) is 20.7. The number of nitrogens with zero attached hydrogens (tertiary/aromatic N) is 1. The number of carboxylic acids is 1. The van der Waals surface area contributed by atoms with Crippen molar-refractivity contribution in [2.75, 3.05) is 6.54 Å². The van der Waals surface area contributed by atoms with Crippen molar-refractivity contribution >= 4 is 20.4 Å². The normalized spacial score (nSPS) is 28.5. The number of aliphatic carboxylic acids is 1. The van der Waals surface area contributed by atoms with Crippen molar-refractivity contribution in [1.82, 2.24) is 4.90 Å². The molecule has 7 heteroatoms. The lowest BCUT2D eigenvalue weighted by Gasteiger charge is -2.50. The molecule has 0 radical (unpaired) electrons. The number of carboxylic acid groups (broad SMARTS) is 1. The van der Waals surface area contributed by atoms with E-state index in [4.69, 9.17) is 9.16 Å². The van der Waals surface area contributed by atoms with Crippen LogP contribution in [0.5, 0.6) is 0 Å². The molecule has 172 valence electrons. The summed E-state index contributed by atoms with van der Waals surface area (Å²) in [4.78, 5) is 26.8. The van der Waals surface area contributed by atoms with Crippen LogP contribution in [0.3, 0.4) is 0 Å². The summed E-state index contributed by atoms with van der Waals surface area (Å²) in [7, 11) is -1.88. The highest BCUT2D eigenvalue weighted by Crippen LogP contribution is 2.57. The van der Waals surface area contributed by atoms with E-state index in [9.17, 15) is 14.7 Å². The first-order valence-corrected chi connectivity index (χ1v) is 14.1. The van der Waals surface area contributed by atoms with Crippen LogP contribution in [0.4, 0.5) is 4.79 Å². The van der Waals surface area contributed by atoms with Crippen LogP contribution in [-0.2, 0) is 20.6 Å². The van der Waals surface area contributed by atoms with Gasteiger partial charge in [-0.2, -0.15) is 0 Å². The van der Waals surface area contributed by atoms with Crippen molar-refractivity contribution in [3.63, 3.8) is 0 Å². The summed E-state index contributed by atoms with van der Waals surface area (Å²) in [5.41, 5.74) is -0.531. The standard InChI is InChI=1S/C24H37NO5Si/c1-7-24(20(26)27)16-23(13-19(14-23)30-31(5,6)22(2,3)4)17-25(24)21(28)29-15-18-11-9-8-10-12-18/h8-12,19H,7,13-17H2,1-6H3,(H,26,27). The van der Waals surface area contributed by atoms with Gasteiger partial charge in [-0.05, 0) is 54.8 Å². The Morgan fingerprint density at radius 1 is 1.19 bits per heavy atom. The number of carbonyl (C=O) groups excluding carboxylic acids is 1. The summed E-state index contributed by atoms with van der Waals surface area (Å²) in [5.74, 6) is -0.947. The summed E-state index contributed by atoms with van der Waals surface area (Å²) in [6.07, 6.45) is 2.03. The average Bonchev–Trinajstić information content (AvgIpc) is 3.02. The summed E-state index contributed by atoms with van der Waals surface area (Å²) in [6, 6.07) is 9.45. The minimum absolute atomic E-state index is 0.132. The summed E-state index contributed by atoms with van der Waals surface area (Å²) < 4.78 is 12.1. The Bertz CT molecular complexity index is 813. The van der Waals surface area contributed by atoms with Gasteiger partial charge in [0.2, 0.25) is 0 Å². The Morgan fingerprint density at radius 3 is 2.32 bits per heavy atom. The van der Waals surface area contributed by atoms with Crippen molar-refractivity contribution < 1.29 is 23.9 Å². The van der Waals surface area contributed by atoms with Gasteiger partial charge < -0.3 is 14.3 Å². The second-order valence-corrected chi connectivity index (χ2v) is 15.7. The van der Waals surface area contributed by atoms with Crippen LogP contribution in [0.25, 0.3) is 0 Å². The second kappa shape index (κ2) is 8.24. The fraction of sp³-hybridized carbons (Fsp3) is 0.667. The number of likely N-dealkylation sites (tertiary alicyclic amines) is 1. The number of amides is 1. The van der Waals surface area contributed by atoms with Gasteiger partial charge in [0.15, 0.2) is 8.32 Å². The van der Waals surface area contributed by atoms with Crippen molar-refractivity contribution in [2.45, 2.75) is 89.8 Å².